The van der Waals surface area contributed by atoms with E-state index in [4.69, 9.17) is 10.8 Å². The minimum atomic E-state index is 0.322. The largest absolute Gasteiger partial charge is 0.396 e. The van der Waals surface area contributed by atoms with Crippen LogP contribution in [0.25, 0.3) is 0 Å². The Morgan fingerprint density at radius 3 is 2.35 bits per heavy atom. The molecule has 0 aliphatic heterocycles. The molecule has 102 valence electrons. The molecule has 0 aromatic rings. The summed E-state index contributed by atoms with van der Waals surface area (Å²) in [7, 11) is 0. The first-order valence-corrected chi connectivity index (χ1v) is 7.42. The first-order valence-electron chi connectivity index (χ1n) is 7.42. The second-order valence-corrected chi connectivity index (χ2v) is 5.33. The van der Waals surface area contributed by atoms with Crippen LogP contribution in [0.1, 0.15) is 57.8 Å². The molecule has 0 amide bonds. The molecule has 1 unspecified atom stereocenters. The molecule has 0 aromatic carbocycles. The fourth-order valence-corrected chi connectivity index (χ4v) is 2.86. The lowest BCUT2D eigenvalue weighted by molar-refractivity contribution is 0.279. The molecular formula is C14H30N2O. The second kappa shape index (κ2) is 9.86. The summed E-state index contributed by atoms with van der Waals surface area (Å²) in [5.41, 5.74) is 5.89. The highest BCUT2D eigenvalue weighted by molar-refractivity contribution is 4.79. The normalized spacial score (nSPS) is 20.1. The van der Waals surface area contributed by atoms with Crippen LogP contribution in [0.2, 0.25) is 0 Å². The Kier molecular flexibility index (Phi) is 8.67. The molecule has 4 N–H and O–H groups in total. The third-order valence-electron chi connectivity index (χ3n) is 3.96. The van der Waals surface area contributed by atoms with Gasteiger partial charge in [-0.25, -0.2) is 0 Å². The van der Waals surface area contributed by atoms with E-state index in [1.54, 1.807) is 0 Å². The van der Waals surface area contributed by atoms with E-state index in [9.17, 15) is 0 Å². The molecule has 1 rings (SSSR count). The average molecular weight is 242 g/mol. The lowest BCUT2D eigenvalue weighted by atomic mass is 9.91. The van der Waals surface area contributed by atoms with E-state index in [0.29, 0.717) is 12.6 Å². The zero-order chi connectivity index (χ0) is 12.3. The van der Waals surface area contributed by atoms with Gasteiger partial charge in [-0.2, -0.15) is 0 Å². The highest BCUT2D eigenvalue weighted by Gasteiger charge is 2.20. The topological polar surface area (TPSA) is 58.3 Å². The average Bonchev–Trinajstić information content (AvgIpc) is 2.63. The number of nitrogens with two attached hydrogens (primary N) is 1. The summed E-state index contributed by atoms with van der Waals surface area (Å²) in [6.45, 7) is 2.14. The van der Waals surface area contributed by atoms with Crippen molar-refractivity contribution in [3.05, 3.63) is 0 Å². The van der Waals surface area contributed by atoms with Crippen molar-refractivity contribution in [1.82, 2.24) is 5.32 Å². The summed E-state index contributed by atoms with van der Waals surface area (Å²) in [5, 5.41) is 12.3. The molecule has 0 bridgehead atoms. The van der Waals surface area contributed by atoms with E-state index in [0.717, 1.165) is 38.3 Å². The quantitative estimate of drug-likeness (QED) is 0.451. The van der Waals surface area contributed by atoms with Crippen molar-refractivity contribution in [2.24, 2.45) is 11.7 Å². The van der Waals surface area contributed by atoms with Gasteiger partial charge in [0.05, 0.1) is 0 Å². The SMILES string of the molecule is NCC(NCCCCCO)C1CCCCCC1. The van der Waals surface area contributed by atoms with Gasteiger partial charge in [0.1, 0.15) is 0 Å². The summed E-state index contributed by atoms with van der Waals surface area (Å²) in [6, 6.07) is 0.516. The van der Waals surface area contributed by atoms with Gasteiger partial charge in [-0.1, -0.05) is 25.7 Å². The van der Waals surface area contributed by atoms with Gasteiger partial charge < -0.3 is 16.2 Å². The molecule has 0 heterocycles. The highest BCUT2D eigenvalue weighted by atomic mass is 16.2. The highest BCUT2D eigenvalue weighted by Crippen LogP contribution is 2.25. The number of unbranched alkanes of at least 4 members (excludes halogenated alkanes) is 2. The van der Waals surface area contributed by atoms with E-state index in [-0.39, 0.29) is 0 Å². The van der Waals surface area contributed by atoms with Crippen LogP contribution in [0.15, 0.2) is 0 Å². The number of aliphatic hydroxyl groups is 1. The van der Waals surface area contributed by atoms with Gasteiger partial charge >= 0.3 is 0 Å². The maximum atomic E-state index is 8.72. The lowest BCUT2D eigenvalue weighted by Gasteiger charge is -2.26. The van der Waals surface area contributed by atoms with Gasteiger partial charge in [0.2, 0.25) is 0 Å². The fourth-order valence-electron chi connectivity index (χ4n) is 2.86. The molecule has 0 radical (unpaired) electrons. The van der Waals surface area contributed by atoms with E-state index >= 15 is 0 Å². The molecule has 1 fully saturated rings. The van der Waals surface area contributed by atoms with Gasteiger partial charge in [-0.3, -0.25) is 0 Å². The Morgan fingerprint density at radius 2 is 1.76 bits per heavy atom. The predicted octanol–water partition coefficient (Wildman–Crippen LogP) is 2.04. The summed E-state index contributed by atoms with van der Waals surface area (Å²) in [6.07, 6.45) is 11.5. The van der Waals surface area contributed by atoms with Crippen LogP contribution in [0.5, 0.6) is 0 Å². The Hall–Kier alpha value is -0.120. The zero-order valence-electron chi connectivity index (χ0n) is 11.2. The molecule has 1 aliphatic rings. The standard InChI is InChI=1S/C14H30N2O/c15-12-14(16-10-6-3-7-11-17)13-8-4-1-2-5-9-13/h13-14,16-17H,1-12,15H2. The minimum Gasteiger partial charge on any atom is -0.396 e. The maximum Gasteiger partial charge on any atom is 0.0431 e. The minimum absolute atomic E-state index is 0.322. The van der Waals surface area contributed by atoms with Gasteiger partial charge in [-0.05, 0) is 44.6 Å². The monoisotopic (exact) mass is 242 g/mol. The molecular weight excluding hydrogens is 212 g/mol. The first-order chi connectivity index (χ1) is 8.38. The van der Waals surface area contributed by atoms with Crippen molar-refractivity contribution in [2.45, 2.75) is 63.8 Å². The van der Waals surface area contributed by atoms with Crippen LogP contribution < -0.4 is 11.1 Å². The van der Waals surface area contributed by atoms with Gasteiger partial charge in [0.25, 0.3) is 0 Å². The van der Waals surface area contributed by atoms with Gasteiger partial charge in [0, 0.05) is 19.2 Å². The second-order valence-electron chi connectivity index (χ2n) is 5.33. The molecule has 3 heteroatoms. The summed E-state index contributed by atoms with van der Waals surface area (Å²) in [4.78, 5) is 0. The first kappa shape index (κ1) is 14.9. The fraction of sp³-hybridized carbons (Fsp3) is 1.00. The molecule has 1 aliphatic carbocycles. The number of nitrogens with one attached hydrogen (secondary N) is 1. The lowest BCUT2D eigenvalue weighted by Crippen LogP contribution is -2.42. The summed E-state index contributed by atoms with van der Waals surface area (Å²) < 4.78 is 0. The molecule has 0 aromatic heterocycles. The van der Waals surface area contributed by atoms with Crippen LogP contribution in [0.3, 0.4) is 0 Å². The molecule has 3 nitrogen and oxygen atoms in total. The van der Waals surface area contributed by atoms with Crippen LogP contribution in [-0.4, -0.2) is 30.8 Å². The van der Waals surface area contributed by atoms with Crippen molar-refractivity contribution in [2.75, 3.05) is 19.7 Å². The van der Waals surface area contributed by atoms with Crippen molar-refractivity contribution in [3.8, 4) is 0 Å². The smallest absolute Gasteiger partial charge is 0.0431 e. The summed E-state index contributed by atoms with van der Waals surface area (Å²) in [5.74, 6) is 0.792. The van der Waals surface area contributed by atoms with Crippen molar-refractivity contribution in [3.63, 3.8) is 0 Å². The van der Waals surface area contributed by atoms with Crippen LogP contribution in [0, 0.1) is 5.92 Å². The van der Waals surface area contributed by atoms with Crippen LogP contribution in [0.4, 0.5) is 0 Å². The van der Waals surface area contributed by atoms with Gasteiger partial charge in [-0.15, -0.1) is 0 Å². The van der Waals surface area contributed by atoms with E-state index < -0.39 is 0 Å². The molecule has 0 spiro atoms. The molecule has 1 atom stereocenters. The van der Waals surface area contributed by atoms with Crippen molar-refractivity contribution in [1.29, 1.82) is 0 Å². The Labute approximate surface area is 106 Å². The zero-order valence-corrected chi connectivity index (χ0v) is 11.2. The van der Waals surface area contributed by atoms with Crippen LogP contribution in [-0.2, 0) is 0 Å². The third-order valence-corrected chi connectivity index (χ3v) is 3.96. The number of rotatable bonds is 8. The summed E-state index contributed by atoms with van der Waals surface area (Å²) >= 11 is 0. The van der Waals surface area contributed by atoms with E-state index in [2.05, 4.69) is 5.32 Å². The Bertz CT molecular complexity index is 168. The Balaban J connectivity index is 2.16. The van der Waals surface area contributed by atoms with E-state index in [1.165, 1.54) is 38.5 Å². The Morgan fingerprint density at radius 1 is 1.06 bits per heavy atom. The van der Waals surface area contributed by atoms with E-state index in [1.807, 2.05) is 0 Å². The van der Waals surface area contributed by atoms with Gasteiger partial charge in [0.15, 0.2) is 0 Å². The predicted molar refractivity (Wildman–Crippen MR) is 73.0 cm³/mol. The van der Waals surface area contributed by atoms with Crippen molar-refractivity contribution >= 4 is 0 Å². The number of aliphatic hydroxyl groups excluding tert-OH is 1. The third kappa shape index (κ3) is 6.39. The molecule has 0 saturated heterocycles. The van der Waals surface area contributed by atoms with Crippen molar-refractivity contribution < 1.29 is 5.11 Å². The molecule has 1 saturated carbocycles. The maximum absolute atomic E-state index is 8.72. The number of hydrogen-bond donors (Lipinski definition) is 3. The van der Waals surface area contributed by atoms with Crippen LogP contribution >= 0.6 is 0 Å². The molecule has 17 heavy (non-hydrogen) atoms. The number of hydrogen-bond acceptors (Lipinski definition) is 3.